The van der Waals surface area contributed by atoms with Crippen molar-refractivity contribution >= 4 is 70.9 Å². The fraction of sp³-hybridized carbons (Fsp3) is 0. The quantitative estimate of drug-likeness (QED) is 0.222. The van der Waals surface area contributed by atoms with Crippen LogP contribution in [0.15, 0.2) is 128 Å². The SMILES string of the molecule is c1ccc(-c2nc(-n3c4ccccc4c4cc5c6ccccc6n6c7ccccc7c(c43)c56)nc3ncccc23)cc1. The second-order valence-electron chi connectivity index (χ2n) is 10.9. The Balaban J connectivity index is 1.47. The Kier molecular flexibility index (Phi) is 4.12. The first-order valence-corrected chi connectivity index (χ1v) is 14.1. The van der Waals surface area contributed by atoms with Gasteiger partial charge in [0, 0.05) is 49.5 Å². The minimum atomic E-state index is 0.619. The molecule has 0 bridgehead atoms. The highest BCUT2D eigenvalue weighted by Crippen LogP contribution is 2.46. The molecule has 0 saturated heterocycles. The molecule has 5 aromatic carbocycles. The lowest BCUT2D eigenvalue weighted by atomic mass is 10.0. The van der Waals surface area contributed by atoms with Gasteiger partial charge in [-0.25, -0.2) is 9.97 Å². The van der Waals surface area contributed by atoms with E-state index in [0.29, 0.717) is 11.6 Å². The summed E-state index contributed by atoms with van der Waals surface area (Å²) in [4.78, 5) is 15.1. The van der Waals surface area contributed by atoms with Crippen LogP contribution in [0.25, 0.3) is 88.1 Å². The van der Waals surface area contributed by atoms with Crippen molar-refractivity contribution in [3.8, 4) is 17.2 Å². The van der Waals surface area contributed by atoms with Gasteiger partial charge < -0.3 is 4.40 Å². The second kappa shape index (κ2) is 7.89. The standard InChI is InChI=1S/C37H21N5/c1-2-11-22(12-3-1)33-26-16-10-20-38-36(26)40-37(39-33)42-30-18-8-5-14-24(30)28-21-27-23-13-4-7-17-29(23)41-31-19-9-6-15-25(31)32(34(27)41)35(28)42/h1-21H. The van der Waals surface area contributed by atoms with Crippen molar-refractivity contribution in [2.45, 2.75) is 0 Å². The fourth-order valence-electron chi connectivity index (χ4n) is 7.03. The van der Waals surface area contributed by atoms with Crippen LogP contribution >= 0.6 is 0 Å². The second-order valence-corrected chi connectivity index (χ2v) is 10.9. The molecule has 10 rings (SSSR count). The van der Waals surface area contributed by atoms with E-state index >= 15 is 0 Å². The molecule has 194 valence electrons. The number of hydrogen-bond acceptors (Lipinski definition) is 3. The summed E-state index contributed by atoms with van der Waals surface area (Å²) in [5.41, 5.74) is 8.45. The Morgan fingerprint density at radius 3 is 1.90 bits per heavy atom. The molecule has 0 aliphatic rings. The summed E-state index contributed by atoms with van der Waals surface area (Å²) in [6.45, 7) is 0. The Morgan fingerprint density at radius 1 is 0.476 bits per heavy atom. The summed E-state index contributed by atoms with van der Waals surface area (Å²) in [5, 5.41) is 8.27. The molecule has 0 spiro atoms. The van der Waals surface area contributed by atoms with Gasteiger partial charge >= 0.3 is 0 Å². The molecule has 0 saturated carbocycles. The van der Waals surface area contributed by atoms with E-state index < -0.39 is 0 Å². The van der Waals surface area contributed by atoms with Crippen molar-refractivity contribution in [1.29, 1.82) is 0 Å². The van der Waals surface area contributed by atoms with Gasteiger partial charge in [0.15, 0.2) is 5.65 Å². The van der Waals surface area contributed by atoms with Crippen LogP contribution in [-0.4, -0.2) is 23.9 Å². The highest BCUT2D eigenvalue weighted by atomic mass is 15.2. The molecule has 0 unspecified atom stereocenters. The zero-order valence-corrected chi connectivity index (χ0v) is 22.4. The molecular formula is C37H21N5. The number of rotatable bonds is 2. The van der Waals surface area contributed by atoms with Crippen molar-refractivity contribution in [3.05, 3.63) is 128 Å². The molecule has 5 heterocycles. The summed E-state index contributed by atoms with van der Waals surface area (Å²) < 4.78 is 4.68. The summed E-state index contributed by atoms with van der Waals surface area (Å²) >= 11 is 0. The molecule has 0 fully saturated rings. The summed E-state index contributed by atoms with van der Waals surface area (Å²) in [7, 11) is 0. The Bertz CT molecular complexity index is 2680. The molecule has 0 amide bonds. The van der Waals surface area contributed by atoms with E-state index in [-0.39, 0.29) is 0 Å². The van der Waals surface area contributed by atoms with Gasteiger partial charge in [-0.05, 0) is 36.4 Å². The number of hydrogen-bond donors (Lipinski definition) is 0. The molecule has 0 aliphatic carbocycles. The van der Waals surface area contributed by atoms with E-state index in [4.69, 9.17) is 15.0 Å². The number of benzene rings is 5. The lowest BCUT2D eigenvalue weighted by molar-refractivity contribution is 1.01. The van der Waals surface area contributed by atoms with E-state index in [0.717, 1.165) is 27.7 Å². The average Bonchev–Trinajstić information content (AvgIpc) is 3.69. The van der Waals surface area contributed by atoms with E-state index in [1.165, 1.54) is 48.9 Å². The van der Waals surface area contributed by atoms with Crippen molar-refractivity contribution in [1.82, 2.24) is 23.9 Å². The topological polar surface area (TPSA) is 48.0 Å². The first kappa shape index (κ1) is 21.9. The predicted octanol–water partition coefficient (Wildman–Crippen LogP) is 8.94. The van der Waals surface area contributed by atoms with Gasteiger partial charge in [-0.2, -0.15) is 4.98 Å². The maximum absolute atomic E-state index is 5.29. The van der Waals surface area contributed by atoms with E-state index in [1.54, 1.807) is 6.20 Å². The van der Waals surface area contributed by atoms with Crippen LogP contribution in [0.3, 0.4) is 0 Å². The van der Waals surface area contributed by atoms with Crippen LogP contribution in [-0.2, 0) is 0 Å². The van der Waals surface area contributed by atoms with Gasteiger partial charge in [-0.15, -0.1) is 0 Å². The highest BCUT2D eigenvalue weighted by molar-refractivity contribution is 6.34. The van der Waals surface area contributed by atoms with Gasteiger partial charge in [0.1, 0.15) is 0 Å². The maximum atomic E-state index is 5.29. The molecule has 10 aromatic rings. The molecule has 42 heavy (non-hydrogen) atoms. The first-order chi connectivity index (χ1) is 20.9. The van der Waals surface area contributed by atoms with Crippen LogP contribution in [0.4, 0.5) is 0 Å². The zero-order valence-electron chi connectivity index (χ0n) is 22.4. The van der Waals surface area contributed by atoms with Crippen molar-refractivity contribution in [2.75, 3.05) is 0 Å². The number of aromatic nitrogens is 5. The van der Waals surface area contributed by atoms with Crippen LogP contribution in [0, 0.1) is 0 Å². The third-order valence-electron chi connectivity index (χ3n) is 8.71. The predicted molar refractivity (Wildman–Crippen MR) is 172 cm³/mol. The van der Waals surface area contributed by atoms with Gasteiger partial charge in [0.2, 0.25) is 5.95 Å². The van der Waals surface area contributed by atoms with Crippen molar-refractivity contribution in [2.24, 2.45) is 0 Å². The Hall–Kier alpha value is -5.81. The van der Waals surface area contributed by atoms with Crippen LogP contribution < -0.4 is 0 Å². The third-order valence-corrected chi connectivity index (χ3v) is 8.71. The summed E-state index contributed by atoms with van der Waals surface area (Å²) in [6.07, 6.45) is 1.80. The van der Waals surface area contributed by atoms with Crippen LogP contribution in [0.2, 0.25) is 0 Å². The number of para-hydroxylation sites is 3. The maximum Gasteiger partial charge on any atom is 0.237 e. The fourth-order valence-corrected chi connectivity index (χ4v) is 7.03. The Morgan fingerprint density at radius 2 is 1.10 bits per heavy atom. The number of fused-ring (bicyclic) bond motifs is 11. The van der Waals surface area contributed by atoms with Gasteiger partial charge in [-0.3, -0.25) is 4.57 Å². The lowest BCUT2D eigenvalue weighted by Gasteiger charge is -2.11. The van der Waals surface area contributed by atoms with E-state index in [2.05, 4.69) is 106 Å². The summed E-state index contributed by atoms with van der Waals surface area (Å²) in [5.74, 6) is 0.619. The van der Waals surface area contributed by atoms with Crippen LogP contribution in [0.5, 0.6) is 0 Å². The highest BCUT2D eigenvalue weighted by Gasteiger charge is 2.25. The van der Waals surface area contributed by atoms with Crippen molar-refractivity contribution < 1.29 is 0 Å². The monoisotopic (exact) mass is 535 g/mol. The molecule has 0 radical (unpaired) electrons. The molecule has 5 nitrogen and oxygen atoms in total. The summed E-state index contributed by atoms with van der Waals surface area (Å²) in [6, 6.07) is 42.7. The van der Waals surface area contributed by atoms with Gasteiger partial charge in [0.25, 0.3) is 0 Å². The van der Waals surface area contributed by atoms with Gasteiger partial charge in [0.05, 0.1) is 33.3 Å². The first-order valence-electron chi connectivity index (χ1n) is 14.1. The molecule has 0 atom stereocenters. The number of nitrogens with zero attached hydrogens (tertiary/aromatic N) is 5. The smallest absolute Gasteiger partial charge is 0.237 e. The third kappa shape index (κ3) is 2.70. The average molecular weight is 536 g/mol. The van der Waals surface area contributed by atoms with E-state index in [1.807, 2.05) is 24.3 Å². The lowest BCUT2D eigenvalue weighted by Crippen LogP contribution is -2.04. The van der Waals surface area contributed by atoms with Gasteiger partial charge in [-0.1, -0.05) is 84.9 Å². The van der Waals surface area contributed by atoms with Crippen LogP contribution in [0.1, 0.15) is 0 Å². The molecule has 0 N–H and O–H groups in total. The normalized spacial score (nSPS) is 12.3. The minimum Gasteiger partial charge on any atom is -0.308 e. The minimum absolute atomic E-state index is 0.619. The van der Waals surface area contributed by atoms with Crippen molar-refractivity contribution in [3.63, 3.8) is 0 Å². The van der Waals surface area contributed by atoms with E-state index in [9.17, 15) is 0 Å². The molecule has 0 aliphatic heterocycles. The Labute approximate surface area is 239 Å². The zero-order chi connectivity index (χ0) is 27.4. The molecule has 5 aromatic heterocycles. The molecular weight excluding hydrogens is 514 g/mol. The largest absolute Gasteiger partial charge is 0.308 e. The molecule has 5 heteroatoms. The number of pyridine rings is 1.